The van der Waals surface area contributed by atoms with Gasteiger partial charge in [0.05, 0.1) is 0 Å². The molecule has 0 saturated heterocycles. The first-order valence-electron chi connectivity index (χ1n) is 11.7. The predicted octanol–water partition coefficient (Wildman–Crippen LogP) is 6.71. The Morgan fingerprint density at radius 1 is 0.559 bits per heavy atom. The molecule has 4 N–H and O–H groups in total. The minimum absolute atomic E-state index is 0.230. The third kappa shape index (κ3) is 4.03. The van der Waals surface area contributed by atoms with Gasteiger partial charge in [-0.25, -0.2) is 0 Å². The highest BCUT2D eigenvalue weighted by Crippen LogP contribution is 2.50. The summed E-state index contributed by atoms with van der Waals surface area (Å²) in [4.78, 5) is 0. The van der Waals surface area contributed by atoms with Crippen molar-refractivity contribution in [1.82, 2.24) is 0 Å². The first kappa shape index (κ1) is 22.1. The minimum atomic E-state index is -1.10. The summed E-state index contributed by atoms with van der Waals surface area (Å²) in [6.45, 7) is 4.21. The van der Waals surface area contributed by atoms with Crippen LogP contribution in [-0.4, -0.2) is 5.66 Å². The summed E-state index contributed by atoms with van der Waals surface area (Å²) in [7, 11) is 0. The van der Waals surface area contributed by atoms with E-state index in [0.717, 1.165) is 39.0 Å². The smallest absolute Gasteiger partial charge is 0.102 e. The van der Waals surface area contributed by atoms with Crippen LogP contribution in [-0.2, 0) is 0 Å². The molecule has 1 aliphatic rings. The van der Waals surface area contributed by atoms with Crippen LogP contribution in [0.5, 0.6) is 0 Å². The van der Waals surface area contributed by atoms with Gasteiger partial charge in [-0.15, -0.1) is 0 Å². The highest BCUT2D eigenvalue weighted by Gasteiger charge is 2.43. The normalized spacial score (nSPS) is 17.4. The third-order valence-corrected chi connectivity index (χ3v) is 6.75. The van der Waals surface area contributed by atoms with Gasteiger partial charge in [0.25, 0.3) is 0 Å². The monoisotopic (exact) mass is 442 g/mol. The lowest BCUT2D eigenvalue weighted by Crippen LogP contribution is -2.56. The molecule has 0 heterocycles. The van der Waals surface area contributed by atoms with Crippen LogP contribution in [0.15, 0.2) is 115 Å². The Labute approximate surface area is 202 Å². The first-order valence-corrected chi connectivity index (χ1v) is 11.7. The van der Waals surface area contributed by atoms with Crippen LogP contribution in [0, 0.1) is 13.8 Å². The lowest BCUT2D eigenvalue weighted by Gasteiger charge is -2.42. The average Bonchev–Trinajstić information content (AvgIpc) is 2.86. The Kier molecular flexibility index (Phi) is 5.79. The molecule has 4 aromatic carbocycles. The lowest BCUT2D eigenvalue weighted by atomic mass is 9.67. The fourth-order valence-corrected chi connectivity index (χ4v) is 4.96. The van der Waals surface area contributed by atoms with Crippen LogP contribution in [0.2, 0.25) is 0 Å². The molecule has 2 heteroatoms. The van der Waals surface area contributed by atoms with Crippen LogP contribution < -0.4 is 11.5 Å². The first-order chi connectivity index (χ1) is 16.4. The number of rotatable bonds is 4. The maximum atomic E-state index is 7.14. The fraction of sp³-hybridized carbons (Fsp3) is 0.125. The molecule has 168 valence electrons. The molecule has 0 radical (unpaired) electrons. The van der Waals surface area contributed by atoms with E-state index in [1.54, 1.807) is 0 Å². The summed E-state index contributed by atoms with van der Waals surface area (Å²) in [5.41, 5.74) is 23.3. The van der Waals surface area contributed by atoms with Gasteiger partial charge < -0.3 is 11.5 Å². The molecular formula is C32H30N2. The molecule has 0 saturated carbocycles. The van der Waals surface area contributed by atoms with E-state index in [1.165, 1.54) is 11.1 Å². The Morgan fingerprint density at radius 3 is 1.62 bits per heavy atom. The van der Waals surface area contributed by atoms with E-state index < -0.39 is 5.66 Å². The van der Waals surface area contributed by atoms with Crippen LogP contribution in [0.25, 0.3) is 16.7 Å². The van der Waals surface area contributed by atoms with Crippen LogP contribution in [0.3, 0.4) is 0 Å². The summed E-state index contributed by atoms with van der Waals surface area (Å²) in [5.74, 6) is -0.230. The molecule has 0 amide bonds. The zero-order valence-electron chi connectivity index (χ0n) is 19.7. The van der Waals surface area contributed by atoms with E-state index in [1.807, 2.05) is 24.3 Å². The number of allylic oxidation sites excluding steroid dienone is 2. The molecule has 1 atom stereocenters. The maximum Gasteiger partial charge on any atom is 0.102 e. The predicted molar refractivity (Wildman–Crippen MR) is 144 cm³/mol. The number of hydrogen-bond donors (Lipinski definition) is 2. The van der Waals surface area contributed by atoms with Crippen molar-refractivity contribution in [3.05, 3.63) is 149 Å². The maximum absolute atomic E-state index is 7.14. The molecule has 0 aliphatic heterocycles. The molecule has 0 bridgehead atoms. The molecule has 4 aromatic rings. The zero-order valence-corrected chi connectivity index (χ0v) is 19.7. The van der Waals surface area contributed by atoms with Gasteiger partial charge in [0.15, 0.2) is 0 Å². The van der Waals surface area contributed by atoms with E-state index in [9.17, 15) is 0 Å². The van der Waals surface area contributed by atoms with Crippen molar-refractivity contribution < 1.29 is 0 Å². The van der Waals surface area contributed by atoms with Gasteiger partial charge in [-0.05, 0) is 58.9 Å². The Bertz CT molecular complexity index is 1340. The second kappa shape index (κ2) is 8.90. The molecular weight excluding hydrogens is 412 g/mol. The Balaban J connectivity index is 1.87. The van der Waals surface area contributed by atoms with Gasteiger partial charge in [0.2, 0.25) is 0 Å². The average molecular weight is 443 g/mol. The van der Waals surface area contributed by atoms with Crippen molar-refractivity contribution in [3.8, 4) is 0 Å². The summed E-state index contributed by atoms with van der Waals surface area (Å²) in [6.07, 6.45) is 2.20. The number of hydrogen-bond acceptors (Lipinski definition) is 2. The van der Waals surface area contributed by atoms with E-state index in [-0.39, 0.29) is 5.92 Å². The SMILES string of the molecule is Cc1ccc(C2=C(c3ccccc3)C=C(c3ccccc3)C(N)(N)C2c2ccc(C)cc2)cc1. The van der Waals surface area contributed by atoms with Gasteiger partial charge in [0.1, 0.15) is 5.66 Å². The van der Waals surface area contributed by atoms with Crippen molar-refractivity contribution in [3.63, 3.8) is 0 Å². The summed E-state index contributed by atoms with van der Waals surface area (Å²) in [6, 6.07) is 38.1. The molecule has 1 aliphatic carbocycles. The van der Waals surface area contributed by atoms with Crippen molar-refractivity contribution in [1.29, 1.82) is 0 Å². The number of aryl methyl sites for hydroxylation is 2. The Morgan fingerprint density at radius 2 is 1.06 bits per heavy atom. The standard InChI is InChI=1S/C32H30N2/c1-22-13-17-26(18-14-22)30-28(24-9-5-3-6-10-24)21-29(25-11-7-4-8-12-25)32(33,34)31(30)27-19-15-23(2)16-20-27/h3-21,31H,33-34H2,1-2H3. The summed E-state index contributed by atoms with van der Waals surface area (Å²) < 4.78 is 0. The summed E-state index contributed by atoms with van der Waals surface area (Å²) in [5, 5.41) is 0. The molecule has 0 spiro atoms. The zero-order chi connectivity index (χ0) is 23.7. The number of benzene rings is 4. The lowest BCUT2D eigenvalue weighted by molar-refractivity contribution is 0.521. The fourth-order valence-electron chi connectivity index (χ4n) is 4.96. The van der Waals surface area contributed by atoms with E-state index in [0.29, 0.717) is 0 Å². The van der Waals surface area contributed by atoms with Gasteiger partial charge in [-0.1, -0.05) is 120 Å². The highest BCUT2D eigenvalue weighted by atomic mass is 15.0. The van der Waals surface area contributed by atoms with Crippen LogP contribution >= 0.6 is 0 Å². The van der Waals surface area contributed by atoms with Gasteiger partial charge in [-0.2, -0.15) is 0 Å². The quantitative estimate of drug-likeness (QED) is 0.345. The van der Waals surface area contributed by atoms with Gasteiger partial charge in [0, 0.05) is 5.92 Å². The van der Waals surface area contributed by atoms with Crippen LogP contribution in [0.1, 0.15) is 39.3 Å². The highest BCUT2D eigenvalue weighted by molar-refractivity contribution is 6.06. The molecule has 34 heavy (non-hydrogen) atoms. The van der Waals surface area contributed by atoms with Crippen LogP contribution in [0.4, 0.5) is 0 Å². The second-order valence-electron chi connectivity index (χ2n) is 9.26. The largest absolute Gasteiger partial charge is 0.309 e. The molecule has 0 fully saturated rings. The van der Waals surface area contributed by atoms with Crippen molar-refractivity contribution >= 4 is 16.7 Å². The van der Waals surface area contributed by atoms with Crippen molar-refractivity contribution in [2.75, 3.05) is 0 Å². The summed E-state index contributed by atoms with van der Waals surface area (Å²) >= 11 is 0. The van der Waals surface area contributed by atoms with Gasteiger partial charge in [-0.3, -0.25) is 0 Å². The Hall–Kier alpha value is -3.72. The van der Waals surface area contributed by atoms with E-state index in [2.05, 4.69) is 105 Å². The van der Waals surface area contributed by atoms with Crippen molar-refractivity contribution in [2.24, 2.45) is 11.5 Å². The minimum Gasteiger partial charge on any atom is -0.309 e. The topological polar surface area (TPSA) is 52.0 Å². The van der Waals surface area contributed by atoms with E-state index in [4.69, 9.17) is 11.5 Å². The number of nitrogens with two attached hydrogens (primary N) is 2. The van der Waals surface area contributed by atoms with Crippen molar-refractivity contribution in [2.45, 2.75) is 25.4 Å². The van der Waals surface area contributed by atoms with E-state index >= 15 is 0 Å². The molecule has 1 unspecified atom stereocenters. The molecule has 5 rings (SSSR count). The molecule has 0 aromatic heterocycles. The molecule has 2 nitrogen and oxygen atoms in total. The third-order valence-electron chi connectivity index (χ3n) is 6.75. The van der Waals surface area contributed by atoms with Gasteiger partial charge >= 0.3 is 0 Å². The second-order valence-corrected chi connectivity index (χ2v) is 9.26.